The molecule has 152 valence electrons. The fourth-order valence-corrected chi connectivity index (χ4v) is 3.40. The van der Waals surface area contributed by atoms with E-state index in [1.807, 2.05) is 42.5 Å². The molecule has 0 bridgehead atoms. The van der Waals surface area contributed by atoms with Gasteiger partial charge in [-0.25, -0.2) is 0 Å². The van der Waals surface area contributed by atoms with Gasteiger partial charge in [0.25, 0.3) is 0 Å². The second-order valence-electron chi connectivity index (χ2n) is 7.03. The zero-order valence-electron chi connectivity index (χ0n) is 16.2. The molecule has 29 heavy (non-hydrogen) atoms. The minimum atomic E-state index is -0.634. The summed E-state index contributed by atoms with van der Waals surface area (Å²) in [6.07, 6.45) is 5.18. The third kappa shape index (κ3) is 6.88. The van der Waals surface area contributed by atoms with Crippen LogP contribution in [0, 0.1) is 12.3 Å². The van der Waals surface area contributed by atoms with Crippen LogP contribution in [0.3, 0.4) is 0 Å². The monoisotopic (exact) mass is 412 g/mol. The molecule has 1 aliphatic rings. The number of hydrogen-bond acceptors (Lipinski definition) is 5. The average molecular weight is 413 g/mol. The molecule has 0 saturated heterocycles. The number of rotatable bonds is 10. The number of ether oxygens (including phenoxy) is 1. The van der Waals surface area contributed by atoms with E-state index in [4.69, 9.17) is 27.6 Å². The first-order chi connectivity index (χ1) is 14.1. The Hall–Kier alpha value is -2.36. The highest BCUT2D eigenvalue weighted by Crippen LogP contribution is 2.20. The van der Waals surface area contributed by atoms with E-state index in [0.29, 0.717) is 31.1 Å². The Kier molecular flexibility index (Phi) is 8.09. The molecular weight excluding hydrogens is 388 g/mol. The SMILES string of the molecule is C#CCOC[C@@H](O)CN(Cc1ccccc1)C[C@H]1CC(c2ccc(Cl)cc2)=NO1. The Morgan fingerprint density at radius 1 is 1.24 bits per heavy atom. The highest BCUT2D eigenvalue weighted by Gasteiger charge is 2.25. The first-order valence-electron chi connectivity index (χ1n) is 9.58. The number of oxime groups is 1. The fraction of sp³-hybridized carbons (Fsp3) is 0.348. The predicted molar refractivity (Wildman–Crippen MR) is 115 cm³/mol. The molecular formula is C23H25ClN2O3. The molecule has 0 saturated carbocycles. The molecule has 0 fully saturated rings. The molecule has 2 aromatic carbocycles. The van der Waals surface area contributed by atoms with Crippen LogP contribution in [-0.2, 0) is 16.1 Å². The van der Waals surface area contributed by atoms with E-state index in [9.17, 15) is 5.11 Å². The minimum Gasteiger partial charge on any atom is -0.390 e. The van der Waals surface area contributed by atoms with Crippen molar-refractivity contribution < 1.29 is 14.7 Å². The van der Waals surface area contributed by atoms with E-state index in [1.54, 1.807) is 0 Å². The van der Waals surface area contributed by atoms with Gasteiger partial charge in [0.2, 0.25) is 0 Å². The van der Waals surface area contributed by atoms with E-state index in [1.165, 1.54) is 5.56 Å². The largest absolute Gasteiger partial charge is 0.390 e. The molecule has 1 aliphatic heterocycles. The van der Waals surface area contributed by atoms with Crippen molar-refractivity contribution in [3.8, 4) is 12.3 Å². The number of aliphatic hydroxyl groups is 1. The van der Waals surface area contributed by atoms with Crippen molar-refractivity contribution in [1.82, 2.24) is 4.90 Å². The second kappa shape index (κ2) is 11.0. The van der Waals surface area contributed by atoms with Crippen molar-refractivity contribution in [2.45, 2.75) is 25.2 Å². The van der Waals surface area contributed by atoms with Crippen molar-refractivity contribution in [1.29, 1.82) is 0 Å². The number of benzene rings is 2. The van der Waals surface area contributed by atoms with Crippen molar-refractivity contribution in [3.05, 3.63) is 70.7 Å². The van der Waals surface area contributed by atoms with Gasteiger partial charge in [0.05, 0.1) is 18.4 Å². The molecule has 0 aliphatic carbocycles. The van der Waals surface area contributed by atoms with Crippen LogP contribution in [-0.4, -0.2) is 54.2 Å². The number of terminal acetylenes is 1. The summed E-state index contributed by atoms with van der Waals surface area (Å²) in [5.74, 6) is 2.41. The third-order valence-corrected chi connectivity index (χ3v) is 4.84. The van der Waals surface area contributed by atoms with Gasteiger partial charge in [-0.15, -0.1) is 6.42 Å². The lowest BCUT2D eigenvalue weighted by atomic mass is 10.0. The molecule has 0 amide bonds. The summed E-state index contributed by atoms with van der Waals surface area (Å²) in [7, 11) is 0. The van der Waals surface area contributed by atoms with Crippen LogP contribution in [0.1, 0.15) is 17.5 Å². The Labute approximate surface area is 176 Å². The second-order valence-corrected chi connectivity index (χ2v) is 7.47. The average Bonchev–Trinajstić information content (AvgIpc) is 3.18. The molecule has 6 heteroatoms. The van der Waals surface area contributed by atoms with E-state index >= 15 is 0 Å². The molecule has 2 atom stereocenters. The summed E-state index contributed by atoms with van der Waals surface area (Å²) >= 11 is 5.96. The topological polar surface area (TPSA) is 54.3 Å². The summed E-state index contributed by atoms with van der Waals surface area (Å²) in [6, 6.07) is 17.7. The van der Waals surface area contributed by atoms with E-state index in [-0.39, 0.29) is 19.3 Å². The molecule has 3 rings (SSSR count). The summed E-state index contributed by atoms with van der Waals surface area (Å²) < 4.78 is 5.27. The first-order valence-corrected chi connectivity index (χ1v) is 9.96. The fourth-order valence-electron chi connectivity index (χ4n) is 3.28. The zero-order valence-corrected chi connectivity index (χ0v) is 17.0. The molecule has 0 aromatic heterocycles. The van der Waals surface area contributed by atoms with Crippen LogP contribution >= 0.6 is 11.6 Å². The maximum absolute atomic E-state index is 10.3. The number of halogens is 1. The van der Waals surface area contributed by atoms with Gasteiger partial charge in [-0.3, -0.25) is 4.90 Å². The first kappa shape index (κ1) is 21.4. The van der Waals surface area contributed by atoms with E-state index in [2.05, 4.69) is 28.1 Å². The van der Waals surface area contributed by atoms with Gasteiger partial charge < -0.3 is 14.7 Å². The Morgan fingerprint density at radius 3 is 2.72 bits per heavy atom. The van der Waals surface area contributed by atoms with Crippen LogP contribution < -0.4 is 0 Å². The number of hydrogen-bond donors (Lipinski definition) is 1. The van der Waals surface area contributed by atoms with Crippen LogP contribution in [0.5, 0.6) is 0 Å². The summed E-state index contributed by atoms with van der Waals surface area (Å²) in [6.45, 7) is 2.19. The zero-order chi connectivity index (χ0) is 20.5. The van der Waals surface area contributed by atoms with Crippen molar-refractivity contribution >= 4 is 17.3 Å². The highest BCUT2D eigenvalue weighted by atomic mass is 35.5. The quantitative estimate of drug-likeness (QED) is 0.480. The van der Waals surface area contributed by atoms with Crippen LogP contribution in [0.25, 0.3) is 0 Å². The van der Waals surface area contributed by atoms with E-state index < -0.39 is 6.10 Å². The van der Waals surface area contributed by atoms with Crippen LogP contribution in [0.4, 0.5) is 0 Å². The molecule has 1 N–H and O–H groups in total. The standard InChI is InChI=1S/C23H25ClN2O3/c1-2-12-28-17-21(27)15-26(14-18-6-4-3-5-7-18)16-22-13-23(25-29-22)19-8-10-20(24)11-9-19/h1,3-11,21-22,27H,12-17H2/t21-,22+/m0/s1. The summed E-state index contributed by atoms with van der Waals surface area (Å²) in [5.41, 5.74) is 3.08. The van der Waals surface area contributed by atoms with Gasteiger partial charge in [0.1, 0.15) is 12.7 Å². The van der Waals surface area contributed by atoms with Gasteiger partial charge in [-0.2, -0.15) is 0 Å². The lowest BCUT2D eigenvalue weighted by Crippen LogP contribution is -2.39. The molecule has 0 radical (unpaired) electrons. The number of aliphatic hydroxyl groups excluding tert-OH is 1. The molecule has 0 spiro atoms. The number of nitrogens with zero attached hydrogens (tertiary/aromatic N) is 2. The van der Waals surface area contributed by atoms with Gasteiger partial charge in [0, 0.05) is 31.1 Å². The van der Waals surface area contributed by atoms with Crippen molar-refractivity contribution in [2.75, 3.05) is 26.3 Å². The third-order valence-electron chi connectivity index (χ3n) is 4.59. The minimum absolute atomic E-state index is 0.0804. The lowest BCUT2D eigenvalue weighted by molar-refractivity contribution is 0.00418. The maximum Gasteiger partial charge on any atom is 0.145 e. The predicted octanol–water partition coefficient (Wildman–Crippen LogP) is 3.35. The van der Waals surface area contributed by atoms with E-state index in [0.717, 1.165) is 11.3 Å². The smallest absolute Gasteiger partial charge is 0.145 e. The Bertz CT molecular complexity index is 833. The van der Waals surface area contributed by atoms with Gasteiger partial charge in [-0.1, -0.05) is 65.1 Å². The van der Waals surface area contributed by atoms with Crippen LogP contribution in [0.15, 0.2) is 59.8 Å². The highest BCUT2D eigenvalue weighted by molar-refractivity contribution is 6.30. The van der Waals surface area contributed by atoms with Gasteiger partial charge >= 0.3 is 0 Å². The summed E-state index contributed by atoms with van der Waals surface area (Å²) in [5, 5.41) is 15.3. The normalized spacial score (nSPS) is 16.9. The van der Waals surface area contributed by atoms with Gasteiger partial charge in [-0.05, 0) is 23.3 Å². The van der Waals surface area contributed by atoms with Crippen LogP contribution in [0.2, 0.25) is 5.02 Å². The van der Waals surface area contributed by atoms with Crippen molar-refractivity contribution in [2.24, 2.45) is 5.16 Å². The van der Waals surface area contributed by atoms with Crippen molar-refractivity contribution in [3.63, 3.8) is 0 Å². The molecule has 2 aromatic rings. The Morgan fingerprint density at radius 2 is 2.00 bits per heavy atom. The molecule has 1 heterocycles. The molecule has 0 unspecified atom stereocenters. The van der Waals surface area contributed by atoms with Gasteiger partial charge in [0.15, 0.2) is 0 Å². The Balaban J connectivity index is 1.59. The maximum atomic E-state index is 10.3. The lowest BCUT2D eigenvalue weighted by Gasteiger charge is -2.26. The molecule has 5 nitrogen and oxygen atoms in total. The summed E-state index contributed by atoms with van der Waals surface area (Å²) in [4.78, 5) is 7.83.